The maximum absolute atomic E-state index is 12.4. The normalized spacial score (nSPS) is 11.6. The molecule has 0 aliphatic heterocycles. The number of nitrogens with zero attached hydrogens (tertiary/aromatic N) is 3. The fourth-order valence-electron chi connectivity index (χ4n) is 1.52. The molecule has 0 atom stereocenters. The van der Waals surface area contributed by atoms with Crippen molar-refractivity contribution in [1.29, 1.82) is 0 Å². The number of carbonyl (C=O) groups is 1. The number of halogens is 1. The monoisotopic (exact) mass is 257 g/mol. The predicted octanol–water partition coefficient (Wildman–Crippen LogP) is 2.07. The second kappa shape index (κ2) is 5.08. The topological polar surface area (TPSA) is 38.1 Å². The molecule has 0 N–H and O–H groups in total. The van der Waals surface area contributed by atoms with Crippen molar-refractivity contribution >= 4 is 17.5 Å². The van der Waals surface area contributed by atoms with E-state index in [0.717, 1.165) is 12.1 Å². The highest BCUT2D eigenvalue weighted by molar-refractivity contribution is 6.18. The lowest BCUT2D eigenvalue weighted by Crippen LogP contribution is -2.46. The van der Waals surface area contributed by atoms with E-state index in [9.17, 15) is 4.79 Å². The zero-order valence-corrected chi connectivity index (χ0v) is 11.9. The SMILES string of the molecule is CCc1nn(C)cc1C(=O)N(C)C(C)(C)CCl. The van der Waals surface area contributed by atoms with Gasteiger partial charge >= 0.3 is 0 Å². The van der Waals surface area contributed by atoms with Crippen molar-refractivity contribution in [3.63, 3.8) is 0 Å². The lowest BCUT2D eigenvalue weighted by Gasteiger charge is -2.33. The number of hydrogen-bond donors (Lipinski definition) is 0. The fourth-order valence-corrected chi connectivity index (χ4v) is 1.70. The van der Waals surface area contributed by atoms with Crippen molar-refractivity contribution in [2.45, 2.75) is 32.7 Å². The fraction of sp³-hybridized carbons (Fsp3) is 0.667. The van der Waals surface area contributed by atoms with E-state index >= 15 is 0 Å². The van der Waals surface area contributed by atoms with Crippen molar-refractivity contribution < 1.29 is 4.79 Å². The van der Waals surface area contributed by atoms with Gasteiger partial charge in [-0.05, 0) is 20.3 Å². The Morgan fingerprint density at radius 1 is 1.59 bits per heavy atom. The van der Waals surface area contributed by atoms with Crippen LogP contribution < -0.4 is 0 Å². The van der Waals surface area contributed by atoms with E-state index in [0.29, 0.717) is 11.4 Å². The minimum atomic E-state index is -0.362. The Bertz CT molecular complexity index is 412. The third-order valence-electron chi connectivity index (χ3n) is 3.01. The predicted molar refractivity (Wildman–Crippen MR) is 69.5 cm³/mol. The summed E-state index contributed by atoms with van der Waals surface area (Å²) in [5.41, 5.74) is 1.13. The summed E-state index contributed by atoms with van der Waals surface area (Å²) in [6.45, 7) is 5.88. The molecule has 1 amide bonds. The van der Waals surface area contributed by atoms with Gasteiger partial charge in [-0.3, -0.25) is 9.48 Å². The van der Waals surface area contributed by atoms with Gasteiger partial charge in [0.1, 0.15) is 0 Å². The van der Waals surface area contributed by atoms with E-state index in [2.05, 4.69) is 5.10 Å². The van der Waals surface area contributed by atoms with Gasteiger partial charge in [0.05, 0.1) is 16.8 Å². The summed E-state index contributed by atoms with van der Waals surface area (Å²) >= 11 is 5.88. The molecule has 0 bridgehead atoms. The quantitative estimate of drug-likeness (QED) is 0.775. The van der Waals surface area contributed by atoms with Crippen LogP contribution in [0.2, 0.25) is 0 Å². The number of rotatable bonds is 4. The molecule has 0 aromatic carbocycles. The Labute approximate surface area is 108 Å². The van der Waals surface area contributed by atoms with Crippen LogP contribution in [-0.4, -0.2) is 39.1 Å². The van der Waals surface area contributed by atoms with Crippen molar-refractivity contribution in [2.24, 2.45) is 7.05 Å². The Balaban J connectivity index is 3.04. The maximum Gasteiger partial charge on any atom is 0.257 e. The van der Waals surface area contributed by atoms with Gasteiger partial charge in [-0.2, -0.15) is 5.10 Å². The summed E-state index contributed by atoms with van der Waals surface area (Å²) in [5, 5.41) is 4.28. The first-order valence-electron chi connectivity index (χ1n) is 5.70. The number of carbonyl (C=O) groups excluding carboxylic acids is 1. The van der Waals surface area contributed by atoms with E-state index in [4.69, 9.17) is 11.6 Å². The lowest BCUT2D eigenvalue weighted by molar-refractivity contribution is 0.0659. The molecule has 0 spiro atoms. The summed E-state index contributed by atoms with van der Waals surface area (Å²) in [6.07, 6.45) is 2.51. The standard InChI is InChI=1S/C12H20ClN3O/c1-6-10-9(7-15(4)14-10)11(17)16(5)12(2,3)8-13/h7H,6,8H2,1-5H3. The van der Waals surface area contributed by atoms with Crippen LogP contribution in [0.25, 0.3) is 0 Å². The molecule has 1 heterocycles. The maximum atomic E-state index is 12.4. The van der Waals surface area contributed by atoms with Crippen LogP contribution in [0.5, 0.6) is 0 Å². The summed E-state index contributed by atoms with van der Waals surface area (Å²) < 4.78 is 1.67. The average Bonchev–Trinajstić information content (AvgIpc) is 2.68. The third-order valence-corrected chi connectivity index (χ3v) is 3.66. The number of aromatic nitrogens is 2. The lowest BCUT2D eigenvalue weighted by atomic mass is 10.0. The molecular formula is C12H20ClN3O. The van der Waals surface area contributed by atoms with Crippen LogP contribution in [0, 0.1) is 0 Å². The number of alkyl halides is 1. The summed E-state index contributed by atoms with van der Waals surface area (Å²) in [5.74, 6) is 0.373. The van der Waals surface area contributed by atoms with Gasteiger partial charge in [0, 0.05) is 26.2 Å². The minimum absolute atomic E-state index is 0.0272. The average molecular weight is 258 g/mol. The van der Waals surface area contributed by atoms with E-state index in [1.54, 1.807) is 22.8 Å². The first-order chi connectivity index (χ1) is 7.83. The molecule has 96 valence electrons. The van der Waals surface area contributed by atoms with Crippen molar-refractivity contribution in [2.75, 3.05) is 12.9 Å². The Morgan fingerprint density at radius 3 is 2.65 bits per heavy atom. The van der Waals surface area contributed by atoms with Crippen molar-refractivity contribution in [3.05, 3.63) is 17.5 Å². The molecular weight excluding hydrogens is 238 g/mol. The van der Waals surface area contributed by atoms with Crippen molar-refractivity contribution in [3.8, 4) is 0 Å². The summed E-state index contributed by atoms with van der Waals surface area (Å²) in [4.78, 5) is 14.0. The summed E-state index contributed by atoms with van der Waals surface area (Å²) in [6, 6.07) is 0. The number of amides is 1. The van der Waals surface area contributed by atoms with Crippen LogP contribution in [0.15, 0.2) is 6.20 Å². The van der Waals surface area contributed by atoms with Gasteiger partial charge in [-0.25, -0.2) is 0 Å². The number of aryl methyl sites for hydroxylation is 2. The molecule has 0 saturated heterocycles. The second-order valence-electron chi connectivity index (χ2n) is 4.83. The smallest absolute Gasteiger partial charge is 0.257 e. The van der Waals surface area contributed by atoms with Gasteiger partial charge in [0.2, 0.25) is 0 Å². The van der Waals surface area contributed by atoms with Crippen LogP contribution in [-0.2, 0) is 13.5 Å². The van der Waals surface area contributed by atoms with Crippen LogP contribution in [0.3, 0.4) is 0 Å². The van der Waals surface area contributed by atoms with Gasteiger partial charge in [-0.1, -0.05) is 6.92 Å². The van der Waals surface area contributed by atoms with Gasteiger partial charge in [-0.15, -0.1) is 11.6 Å². The largest absolute Gasteiger partial charge is 0.335 e. The van der Waals surface area contributed by atoms with Gasteiger partial charge in [0.25, 0.3) is 5.91 Å². The molecule has 1 aromatic rings. The van der Waals surface area contributed by atoms with Crippen LogP contribution in [0.1, 0.15) is 36.8 Å². The molecule has 0 unspecified atom stereocenters. The number of hydrogen-bond acceptors (Lipinski definition) is 2. The van der Waals surface area contributed by atoms with E-state index < -0.39 is 0 Å². The molecule has 0 aliphatic rings. The summed E-state index contributed by atoms with van der Waals surface area (Å²) in [7, 11) is 3.60. The highest BCUT2D eigenvalue weighted by Crippen LogP contribution is 2.19. The Hall–Kier alpha value is -1.03. The first kappa shape index (κ1) is 14.0. The molecule has 0 aliphatic carbocycles. The zero-order valence-electron chi connectivity index (χ0n) is 11.1. The molecule has 0 radical (unpaired) electrons. The Morgan fingerprint density at radius 2 is 2.18 bits per heavy atom. The molecule has 4 nitrogen and oxygen atoms in total. The van der Waals surface area contributed by atoms with Crippen LogP contribution >= 0.6 is 11.6 Å². The first-order valence-corrected chi connectivity index (χ1v) is 6.23. The van der Waals surface area contributed by atoms with Crippen LogP contribution in [0.4, 0.5) is 0 Å². The molecule has 17 heavy (non-hydrogen) atoms. The molecule has 1 rings (SSSR count). The molecule has 0 fully saturated rings. The van der Waals surface area contributed by atoms with Gasteiger partial charge in [0.15, 0.2) is 0 Å². The highest BCUT2D eigenvalue weighted by Gasteiger charge is 2.29. The van der Waals surface area contributed by atoms with Gasteiger partial charge < -0.3 is 4.90 Å². The zero-order chi connectivity index (χ0) is 13.2. The molecule has 5 heteroatoms. The second-order valence-corrected chi connectivity index (χ2v) is 5.09. The van der Waals surface area contributed by atoms with E-state index in [-0.39, 0.29) is 11.4 Å². The van der Waals surface area contributed by atoms with E-state index in [1.165, 1.54) is 0 Å². The third kappa shape index (κ3) is 2.80. The van der Waals surface area contributed by atoms with E-state index in [1.807, 2.05) is 27.8 Å². The molecule has 1 aromatic heterocycles. The van der Waals surface area contributed by atoms with Crippen molar-refractivity contribution in [1.82, 2.24) is 14.7 Å². The Kier molecular flexibility index (Phi) is 4.20. The minimum Gasteiger partial charge on any atom is -0.335 e. The highest BCUT2D eigenvalue weighted by atomic mass is 35.5. The molecule has 0 saturated carbocycles.